The van der Waals surface area contributed by atoms with Gasteiger partial charge in [-0.05, 0) is 55.3 Å². The van der Waals surface area contributed by atoms with Gasteiger partial charge in [0.05, 0.1) is 0 Å². The van der Waals surface area contributed by atoms with Crippen molar-refractivity contribution >= 4 is 17.7 Å². The molecule has 3 aliphatic rings. The molecule has 0 radical (unpaired) electrons. The van der Waals surface area contributed by atoms with Gasteiger partial charge >= 0.3 is 6.09 Å². The summed E-state index contributed by atoms with van der Waals surface area (Å²) in [4.78, 5) is 11.8. The molecule has 4 heteroatoms. The van der Waals surface area contributed by atoms with E-state index in [1.807, 2.05) is 0 Å². The first-order chi connectivity index (χ1) is 8.96. The number of carbonyl (C=O) groups excluding carboxylic acids is 1. The molecule has 0 spiro atoms. The molecule has 19 heavy (non-hydrogen) atoms. The zero-order valence-electron chi connectivity index (χ0n) is 11.9. The molecule has 0 heterocycles. The Morgan fingerprint density at radius 2 is 2.16 bits per heavy atom. The van der Waals surface area contributed by atoms with E-state index < -0.39 is 0 Å². The Kier molecular flexibility index (Phi) is 3.24. The number of rotatable bonds is 2. The quantitative estimate of drug-likeness (QED) is 0.781. The number of hydrogen-bond donors (Lipinski definition) is 1. The van der Waals surface area contributed by atoms with Crippen LogP contribution in [0.5, 0.6) is 0 Å². The second kappa shape index (κ2) is 4.54. The first kappa shape index (κ1) is 13.5. The molecular formula is C15H24ClNO2. The minimum atomic E-state index is -0.343. The number of nitrogens with one attached hydrogen (secondary N) is 1. The van der Waals surface area contributed by atoms with E-state index in [-0.39, 0.29) is 17.7 Å². The fourth-order valence-corrected chi connectivity index (χ4v) is 5.88. The molecule has 0 saturated heterocycles. The number of hydrogen-bond acceptors (Lipinski definition) is 2. The van der Waals surface area contributed by atoms with E-state index in [4.69, 9.17) is 16.3 Å². The number of alkyl carbamates (subject to hydrolysis) is 1. The fourth-order valence-electron chi connectivity index (χ4n) is 5.79. The molecule has 5 unspecified atom stereocenters. The average Bonchev–Trinajstić information content (AvgIpc) is 2.24. The highest BCUT2D eigenvalue weighted by Crippen LogP contribution is 2.62. The monoisotopic (exact) mass is 285 g/mol. The third-order valence-electron chi connectivity index (χ3n) is 5.91. The van der Waals surface area contributed by atoms with Crippen LogP contribution < -0.4 is 5.32 Å². The summed E-state index contributed by atoms with van der Waals surface area (Å²) in [6, 6.07) is -0.0687. The van der Waals surface area contributed by atoms with Gasteiger partial charge in [0.2, 0.25) is 0 Å². The van der Waals surface area contributed by atoms with E-state index in [1.165, 1.54) is 19.3 Å². The number of ether oxygens (including phenoxy) is 1. The van der Waals surface area contributed by atoms with Crippen molar-refractivity contribution in [2.45, 2.75) is 57.9 Å². The standard InChI is InChI=1S/C15H24ClNO2/c1-10-5-15(17-13(18)19-9-16)7-11-3-4-12(10)14(2,6-11)8-15/h10-12H,3-9H2,1-2H3,(H,17,18). The number of carbonyl (C=O) groups is 1. The lowest BCUT2D eigenvalue weighted by Gasteiger charge is -2.62. The first-order valence-corrected chi connectivity index (χ1v) is 8.01. The van der Waals surface area contributed by atoms with Crippen molar-refractivity contribution in [3.63, 3.8) is 0 Å². The van der Waals surface area contributed by atoms with Crippen LogP contribution in [0.15, 0.2) is 0 Å². The van der Waals surface area contributed by atoms with Crippen molar-refractivity contribution in [2.75, 3.05) is 6.07 Å². The van der Waals surface area contributed by atoms with Crippen LogP contribution in [0.4, 0.5) is 4.79 Å². The minimum Gasteiger partial charge on any atom is -0.433 e. The Morgan fingerprint density at radius 3 is 2.89 bits per heavy atom. The maximum absolute atomic E-state index is 11.8. The lowest BCUT2D eigenvalue weighted by molar-refractivity contribution is -0.0953. The molecule has 3 saturated carbocycles. The molecule has 108 valence electrons. The highest BCUT2D eigenvalue weighted by molar-refractivity contribution is 6.17. The lowest BCUT2D eigenvalue weighted by atomic mass is 9.45. The summed E-state index contributed by atoms with van der Waals surface area (Å²) in [6.45, 7) is 4.79. The summed E-state index contributed by atoms with van der Waals surface area (Å²) in [6.07, 6.45) is 7.05. The van der Waals surface area contributed by atoms with E-state index in [1.54, 1.807) is 0 Å². The van der Waals surface area contributed by atoms with Crippen LogP contribution in [0.25, 0.3) is 0 Å². The summed E-state index contributed by atoms with van der Waals surface area (Å²) in [5.41, 5.74) is 0.365. The van der Waals surface area contributed by atoms with Crippen molar-refractivity contribution in [3.8, 4) is 0 Å². The van der Waals surface area contributed by atoms with E-state index >= 15 is 0 Å². The molecule has 0 aliphatic heterocycles. The molecule has 3 rings (SSSR count). The van der Waals surface area contributed by atoms with E-state index in [9.17, 15) is 4.79 Å². The highest BCUT2D eigenvalue weighted by Gasteiger charge is 2.57. The topological polar surface area (TPSA) is 38.3 Å². The molecule has 0 aromatic carbocycles. The molecule has 3 bridgehead atoms. The average molecular weight is 286 g/mol. The normalized spacial score (nSPS) is 47.8. The summed E-state index contributed by atoms with van der Waals surface area (Å²) >= 11 is 5.48. The second-order valence-electron chi connectivity index (χ2n) is 7.42. The van der Waals surface area contributed by atoms with Crippen molar-refractivity contribution in [2.24, 2.45) is 23.2 Å². The van der Waals surface area contributed by atoms with Crippen molar-refractivity contribution in [1.82, 2.24) is 5.32 Å². The summed E-state index contributed by atoms with van der Waals surface area (Å²) < 4.78 is 4.89. The van der Waals surface area contributed by atoms with Crippen LogP contribution >= 0.6 is 11.6 Å². The van der Waals surface area contributed by atoms with Crippen molar-refractivity contribution in [1.29, 1.82) is 0 Å². The van der Waals surface area contributed by atoms with Gasteiger partial charge in [-0.25, -0.2) is 4.79 Å². The van der Waals surface area contributed by atoms with Crippen LogP contribution in [0.1, 0.15) is 52.4 Å². The number of fused-ring (bicyclic) bond motifs is 2. The van der Waals surface area contributed by atoms with Gasteiger partial charge < -0.3 is 10.1 Å². The third kappa shape index (κ3) is 2.24. The molecule has 3 aliphatic carbocycles. The van der Waals surface area contributed by atoms with Crippen LogP contribution in [-0.2, 0) is 4.74 Å². The van der Waals surface area contributed by atoms with Gasteiger partial charge in [-0.1, -0.05) is 31.9 Å². The smallest absolute Gasteiger partial charge is 0.408 e. The second-order valence-corrected chi connectivity index (χ2v) is 7.63. The Bertz CT molecular complexity index is 384. The fraction of sp³-hybridized carbons (Fsp3) is 0.933. The molecule has 3 fully saturated rings. The Labute approximate surface area is 120 Å². The number of halogens is 1. The lowest BCUT2D eigenvalue weighted by Crippen LogP contribution is -2.63. The zero-order chi connectivity index (χ0) is 13.7. The Morgan fingerprint density at radius 1 is 1.37 bits per heavy atom. The van der Waals surface area contributed by atoms with E-state index in [0.717, 1.165) is 31.1 Å². The molecule has 1 N–H and O–H groups in total. The van der Waals surface area contributed by atoms with E-state index in [2.05, 4.69) is 19.2 Å². The Balaban J connectivity index is 1.84. The minimum absolute atomic E-state index is 0.0445. The van der Waals surface area contributed by atoms with Crippen molar-refractivity contribution in [3.05, 3.63) is 0 Å². The Hall–Kier alpha value is -0.440. The van der Waals surface area contributed by atoms with Crippen LogP contribution in [0, 0.1) is 23.2 Å². The van der Waals surface area contributed by atoms with Gasteiger partial charge in [0.25, 0.3) is 0 Å². The molecule has 3 nitrogen and oxygen atoms in total. The van der Waals surface area contributed by atoms with Gasteiger partial charge in [-0.3, -0.25) is 0 Å². The van der Waals surface area contributed by atoms with Crippen molar-refractivity contribution < 1.29 is 9.53 Å². The highest BCUT2D eigenvalue weighted by atomic mass is 35.5. The number of amides is 1. The van der Waals surface area contributed by atoms with E-state index in [0.29, 0.717) is 11.3 Å². The SMILES string of the molecule is CC1CC2(NC(=O)OCCl)CC3CCC1C(C)(C3)C2. The van der Waals surface area contributed by atoms with Gasteiger partial charge in [-0.15, -0.1) is 0 Å². The molecule has 0 aromatic heterocycles. The largest absolute Gasteiger partial charge is 0.433 e. The summed E-state index contributed by atoms with van der Waals surface area (Å²) in [5.74, 6) is 2.30. The number of alkyl halides is 1. The van der Waals surface area contributed by atoms with Crippen LogP contribution in [0.3, 0.4) is 0 Å². The third-order valence-corrected chi connectivity index (χ3v) is 6.02. The molecule has 1 amide bonds. The van der Waals surface area contributed by atoms with Crippen LogP contribution in [0.2, 0.25) is 0 Å². The summed E-state index contributed by atoms with van der Waals surface area (Å²) in [7, 11) is 0. The van der Waals surface area contributed by atoms with Crippen LogP contribution in [-0.4, -0.2) is 17.7 Å². The zero-order valence-corrected chi connectivity index (χ0v) is 12.6. The van der Waals surface area contributed by atoms with Gasteiger partial charge in [0.15, 0.2) is 6.07 Å². The van der Waals surface area contributed by atoms with Gasteiger partial charge in [0.1, 0.15) is 0 Å². The first-order valence-electron chi connectivity index (χ1n) is 7.47. The molecule has 5 atom stereocenters. The maximum atomic E-state index is 11.8. The van der Waals surface area contributed by atoms with Gasteiger partial charge in [0, 0.05) is 5.54 Å². The predicted octanol–water partition coefficient (Wildman–Crippen LogP) is 3.90. The predicted molar refractivity (Wildman–Crippen MR) is 75.0 cm³/mol. The summed E-state index contributed by atoms with van der Waals surface area (Å²) in [5, 5.41) is 3.16. The molecular weight excluding hydrogens is 262 g/mol. The molecule has 0 aromatic rings. The maximum Gasteiger partial charge on any atom is 0.408 e. The van der Waals surface area contributed by atoms with Gasteiger partial charge in [-0.2, -0.15) is 0 Å².